The van der Waals surface area contributed by atoms with Crippen LogP contribution in [0.4, 0.5) is 0 Å². The van der Waals surface area contributed by atoms with Gasteiger partial charge in [-0.25, -0.2) is 0 Å². The first-order valence-corrected chi connectivity index (χ1v) is 10.3. The minimum absolute atomic E-state index is 0.109. The van der Waals surface area contributed by atoms with Crippen LogP contribution >= 0.6 is 0 Å². The van der Waals surface area contributed by atoms with E-state index in [0.717, 1.165) is 50.9 Å². The molecular formula is C24H27NO3. The summed E-state index contributed by atoms with van der Waals surface area (Å²) in [5.41, 5.74) is 1.88. The van der Waals surface area contributed by atoms with Crippen molar-refractivity contribution in [2.24, 2.45) is 5.92 Å². The molecule has 4 heteroatoms. The van der Waals surface area contributed by atoms with Gasteiger partial charge in [-0.3, -0.25) is 9.59 Å². The lowest BCUT2D eigenvalue weighted by molar-refractivity contribution is -0.134. The van der Waals surface area contributed by atoms with Crippen molar-refractivity contribution in [3.63, 3.8) is 0 Å². The predicted octanol–water partition coefficient (Wildman–Crippen LogP) is 4.28. The Kier molecular flexibility index (Phi) is 5.75. The maximum Gasteiger partial charge on any atom is 0.225 e. The quantitative estimate of drug-likeness (QED) is 0.677. The number of aryl methyl sites for hydroxylation is 1. The maximum atomic E-state index is 12.6. The molecule has 1 amide bonds. The highest BCUT2D eigenvalue weighted by Gasteiger charge is 2.35. The van der Waals surface area contributed by atoms with Crippen molar-refractivity contribution in [1.82, 2.24) is 4.90 Å². The third-order valence-electron chi connectivity index (χ3n) is 5.62. The first-order chi connectivity index (χ1) is 13.7. The Morgan fingerprint density at radius 1 is 0.929 bits per heavy atom. The second-order valence-electron chi connectivity index (χ2n) is 7.85. The second kappa shape index (κ2) is 8.59. The standard InChI is InChI=1S/C24H27NO3/c26-23(12-9-18-5-2-1-3-6-18)20-7-4-8-22(17-20)28-21-13-15-25(16-14-21)24(27)19-10-11-19/h1-8,17,19,21H,9-16H2. The van der Waals surface area contributed by atoms with Gasteiger partial charge in [-0.15, -0.1) is 0 Å². The average Bonchev–Trinajstić information content (AvgIpc) is 3.58. The van der Waals surface area contributed by atoms with E-state index in [1.165, 1.54) is 5.56 Å². The van der Waals surface area contributed by atoms with E-state index in [0.29, 0.717) is 17.9 Å². The summed E-state index contributed by atoms with van der Waals surface area (Å²) in [6, 6.07) is 17.6. The summed E-state index contributed by atoms with van der Waals surface area (Å²) in [6.07, 6.45) is 5.17. The lowest BCUT2D eigenvalue weighted by atomic mass is 10.0. The lowest BCUT2D eigenvalue weighted by Crippen LogP contribution is -2.42. The monoisotopic (exact) mass is 377 g/mol. The van der Waals surface area contributed by atoms with E-state index in [4.69, 9.17) is 4.74 Å². The zero-order chi connectivity index (χ0) is 19.3. The number of hydrogen-bond acceptors (Lipinski definition) is 3. The second-order valence-corrected chi connectivity index (χ2v) is 7.85. The predicted molar refractivity (Wildman–Crippen MR) is 108 cm³/mol. The van der Waals surface area contributed by atoms with E-state index in [9.17, 15) is 9.59 Å². The summed E-state index contributed by atoms with van der Waals surface area (Å²) in [5.74, 6) is 1.50. The number of piperidine rings is 1. The molecule has 1 saturated heterocycles. The summed E-state index contributed by atoms with van der Waals surface area (Å²) in [5, 5.41) is 0. The molecule has 0 atom stereocenters. The van der Waals surface area contributed by atoms with Crippen LogP contribution in [0.2, 0.25) is 0 Å². The molecule has 0 radical (unpaired) electrons. The number of rotatable bonds is 7. The van der Waals surface area contributed by atoms with Crippen molar-refractivity contribution >= 4 is 11.7 Å². The minimum atomic E-state index is 0.109. The van der Waals surface area contributed by atoms with Gasteiger partial charge in [-0.1, -0.05) is 42.5 Å². The van der Waals surface area contributed by atoms with Crippen molar-refractivity contribution in [3.05, 3.63) is 65.7 Å². The first-order valence-electron chi connectivity index (χ1n) is 10.3. The molecule has 0 N–H and O–H groups in total. The molecule has 1 aliphatic heterocycles. The summed E-state index contributed by atoms with van der Waals surface area (Å²) in [6.45, 7) is 1.55. The number of nitrogens with zero attached hydrogens (tertiary/aromatic N) is 1. The number of ketones is 1. The maximum absolute atomic E-state index is 12.6. The smallest absolute Gasteiger partial charge is 0.225 e. The van der Waals surface area contributed by atoms with Crippen LogP contribution in [0, 0.1) is 5.92 Å². The van der Waals surface area contributed by atoms with E-state index in [1.54, 1.807) is 0 Å². The van der Waals surface area contributed by atoms with Gasteiger partial charge in [0.15, 0.2) is 5.78 Å². The Hall–Kier alpha value is -2.62. The van der Waals surface area contributed by atoms with Crippen molar-refractivity contribution in [2.75, 3.05) is 13.1 Å². The van der Waals surface area contributed by atoms with Crippen LogP contribution in [-0.4, -0.2) is 35.8 Å². The summed E-state index contributed by atoms with van der Waals surface area (Å²) >= 11 is 0. The Balaban J connectivity index is 1.29. The highest BCUT2D eigenvalue weighted by Crippen LogP contribution is 2.32. The Morgan fingerprint density at radius 3 is 2.39 bits per heavy atom. The van der Waals surface area contributed by atoms with Crippen LogP contribution in [0.1, 0.15) is 48.0 Å². The first kappa shape index (κ1) is 18.7. The normalized spacial score (nSPS) is 17.4. The average molecular weight is 377 g/mol. The molecular weight excluding hydrogens is 350 g/mol. The molecule has 2 aliphatic rings. The van der Waals surface area contributed by atoms with Gasteiger partial charge < -0.3 is 9.64 Å². The van der Waals surface area contributed by atoms with Crippen molar-refractivity contribution in [1.29, 1.82) is 0 Å². The SMILES string of the molecule is O=C(CCc1ccccc1)c1cccc(OC2CCN(C(=O)C3CC3)CC2)c1. The number of carbonyl (C=O) groups is 2. The van der Waals surface area contributed by atoms with Crippen molar-refractivity contribution in [2.45, 2.75) is 44.6 Å². The molecule has 2 fully saturated rings. The van der Waals surface area contributed by atoms with Crippen LogP contribution in [0.15, 0.2) is 54.6 Å². The van der Waals surface area contributed by atoms with Crippen LogP contribution < -0.4 is 4.74 Å². The molecule has 2 aromatic rings. The fourth-order valence-electron chi connectivity index (χ4n) is 3.76. The van der Waals surface area contributed by atoms with Crippen LogP contribution in [0.5, 0.6) is 5.75 Å². The summed E-state index contributed by atoms with van der Waals surface area (Å²) < 4.78 is 6.12. The number of benzene rings is 2. The fourth-order valence-corrected chi connectivity index (χ4v) is 3.76. The molecule has 1 saturated carbocycles. The van der Waals surface area contributed by atoms with Crippen molar-refractivity contribution < 1.29 is 14.3 Å². The zero-order valence-electron chi connectivity index (χ0n) is 16.2. The van der Waals surface area contributed by atoms with Gasteiger partial charge in [0.25, 0.3) is 0 Å². The molecule has 0 unspecified atom stereocenters. The van der Waals surface area contributed by atoms with Gasteiger partial charge in [0.1, 0.15) is 11.9 Å². The van der Waals surface area contributed by atoms with E-state index < -0.39 is 0 Å². The molecule has 0 bridgehead atoms. The molecule has 4 rings (SSSR count). The lowest BCUT2D eigenvalue weighted by Gasteiger charge is -2.32. The Bertz CT molecular complexity index is 821. The van der Waals surface area contributed by atoms with E-state index in [-0.39, 0.29) is 17.8 Å². The number of carbonyl (C=O) groups excluding carboxylic acids is 2. The number of Topliss-reactive ketones (excluding diaryl/α,β-unsaturated/α-hetero) is 1. The molecule has 0 aromatic heterocycles. The molecule has 146 valence electrons. The molecule has 1 heterocycles. The van der Waals surface area contributed by atoms with E-state index in [2.05, 4.69) is 0 Å². The Labute approximate surface area is 166 Å². The highest BCUT2D eigenvalue weighted by atomic mass is 16.5. The van der Waals surface area contributed by atoms with Crippen LogP contribution in [0.25, 0.3) is 0 Å². The number of ether oxygens (including phenoxy) is 1. The topological polar surface area (TPSA) is 46.6 Å². The molecule has 1 aliphatic carbocycles. The largest absolute Gasteiger partial charge is 0.490 e. The van der Waals surface area contributed by atoms with Gasteiger partial charge in [-0.2, -0.15) is 0 Å². The van der Waals surface area contributed by atoms with Crippen LogP contribution in [-0.2, 0) is 11.2 Å². The zero-order valence-corrected chi connectivity index (χ0v) is 16.2. The third kappa shape index (κ3) is 4.80. The molecule has 4 nitrogen and oxygen atoms in total. The fraction of sp³-hybridized carbons (Fsp3) is 0.417. The van der Waals surface area contributed by atoms with Crippen molar-refractivity contribution in [3.8, 4) is 5.75 Å². The highest BCUT2D eigenvalue weighted by molar-refractivity contribution is 5.96. The number of hydrogen-bond donors (Lipinski definition) is 0. The van der Waals surface area contributed by atoms with Gasteiger partial charge in [-0.05, 0) is 37.0 Å². The molecule has 28 heavy (non-hydrogen) atoms. The van der Waals surface area contributed by atoms with E-state index in [1.807, 2.05) is 59.5 Å². The number of amides is 1. The third-order valence-corrected chi connectivity index (χ3v) is 5.62. The van der Waals surface area contributed by atoms with Gasteiger partial charge in [0, 0.05) is 43.8 Å². The molecule has 0 spiro atoms. The van der Waals surface area contributed by atoms with E-state index >= 15 is 0 Å². The molecule has 2 aromatic carbocycles. The Morgan fingerprint density at radius 2 is 1.68 bits per heavy atom. The van der Waals surface area contributed by atoms with Gasteiger partial charge >= 0.3 is 0 Å². The summed E-state index contributed by atoms with van der Waals surface area (Å²) in [4.78, 5) is 26.7. The van der Waals surface area contributed by atoms with Gasteiger partial charge in [0.2, 0.25) is 5.91 Å². The minimum Gasteiger partial charge on any atom is -0.490 e. The number of likely N-dealkylation sites (tertiary alicyclic amines) is 1. The summed E-state index contributed by atoms with van der Waals surface area (Å²) in [7, 11) is 0. The van der Waals surface area contributed by atoms with Crippen LogP contribution in [0.3, 0.4) is 0 Å². The van der Waals surface area contributed by atoms with Gasteiger partial charge in [0.05, 0.1) is 0 Å².